The first kappa shape index (κ1) is 14.2. The van der Waals surface area contributed by atoms with Gasteiger partial charge < -0.3 is 4.90 Å². The summed E-state index contributed by atoms with van der Waals surface area (Å²) in [6.07, 6.45) is 3.30. The van der Waals surface area contributed by atoms with Crippen molar-refractivity contribution >= 4 is 44.1 Å². The summed E-state index contributed by atoms with van der Waals surface area (Å²) in [4.78, 5) is 17.8. The summed E-state index contributed by atoms with van der Waals surface area (Å²) in [5, 5.41) is 1.41. The Morgan fingerprint density at radius 1 is 1.39 bits per heavy atom. The van der Waals surface area contributed by atoms with Crippen LogP contribution in [0.15, 0.2) is 23.2 Å². The summed E-state index contributed by atoms with van der Waals surface area (Å²) in [5.74, 6) is 1.52. The van der Waals surface area contributed by atoms with Gasteiger partial charge in [-0.05, 0) is 44.0 Å². The van der Waals surface area contributed by atoms with Crippen molar-refractivity contribution in [2.24, 2.45) is 10.9 Å². The molecule has 120 valence electrons. The summed E-state index contributed by atoms with van der Waals surface area (Å²) >= 11 is 7.76. The van der Waals surface area contributed by atoms with Crippen LogP contribution in [0, 0.1) is 5.92 Å². The highest BCUT2D eigenvalue weighted by Crippen LogP contribution is 2.42. The lowest BCUT2D eigenvalue weighted by Crippen LogP contribution is -2.59. The Kier molecular flexibility index (Phi) is 3.17. The van der Waals surface area contributed by atoms with Gasteiger partial charge in [0.2, 0.25) is 5.13 Å². The number of para-hydroxylation sites is 1. The lowest BCUT2D eigenvalue weighted by molar-refractivity contribution is -0.150. The number of thiazole rings is 1. The van der Waals surface area contributed by atoms with Gasteiger partial charge in [0.05, 0.1) is 9.72 Å². The summed E-state index contributed by atoms with van der Waals surface area (Å²) in [5.41, 5.74) is 3.80. The van der Waals surface area contributed by atoms with E-state index in [4.69, 9.17) is 16.4 Å². The van der Waals surface area contributed by atoms with E-state index in [0.717, 1.165) is 34.1 Å². The fraction of sp³-hybridized carbons (Fsp3) is 0.500. The summed E-state index contributed by atoms with van der Waals surface area (Å²) < 4.78 is 1.06. The van der Waals surface area contributed by atoms with Crippen molar-refractivity contribution in [3.63, 3.8) is 0 Å². The monoisotopic (exact) mass is 348 g/mol. The average Bonchev–Trinajstić information content (AvgIpc) is 3.14. The van der Waals surface area contributed by atoms with Crippen molar-refractivity contribution < 1.29 is 4.84 Å². The van der Waals surface area contributed by atoms with Crippen molar-refractivity contribution in [2.45, 2.75) is 24.9 Å². The van der Waals surface area contributed by atoms with Crippen LogP contribution in [0.4, 0.5) is 5.13 Å². The molecule has 2 aromatic rings. The molecule has 0 unspecified atom stereocenters. The molecule has 4 aliphatic heterocycles. The van der Waals surface area contributed by atoms with Crippen LogP contribution in [-0.4, -0.2) is 41.0 Å². The zero-order chi connectivity index (χ0) is 15.4. The van der Waals surface area contributed by atoms with Gasteiger partial charge in [-0.25, -0.2) is 9.98 Å². The number of piperidine rings is 3. The topological polar surface area (TPSA) is 49.8 Å². The van der Waals surface area contributed by atoms with E-state index in [1.807, 2.05) is 18.2 Å². The molecule has 2 bridgehead atoms. The molecule has 1 aromatic heterocycles. The lowest BCUT2D eigenvalue weighted by Gasteiger charge is -2.49. The van der Waals surface area contributed by atoms with Crippen LogP contribution < -0.4 is 5.48 Å². The lowest BCUT2D eigenvalue weighted by atomic mass is 9.74. The number of hydrogen-bond acceptors (Lipinski definition) is 5. The predicted octanol–water partition coefficient (Wildman–Crippen LogP) is 3.37. The van der Waals surface area contributed by atoms with Crippen LogP contribution in [0.3, 0.4) is 0 Å². The molecule has 7 heteroatoms. The van der Waals surface area contributed by atoms with E-state index in [0.29, 0.717) is 10.9 Å². The van der Waals surface area contributed by atoms with Crippen molar-refractivity contribution in [3.8, 4) is 0 Å². The highest BCUT2D eigenvalue weighted by molar-refractivity contribution is 7.22. The number of amidine groups is 1. The molecule has 0 aliphatic carbocycles. The molecule has 5 heterocycles. The third-order valence-electron chi connectivity index (χ3n) is 5.25. The first-order chi connectivity index (χ1) is 11.2. The molecular weight excluding hydrogens is 332 g/mol. The average molecular weight is 349 g/mol. The Morgan fingerprint density at radius 3 is 3.00 bits per heavy atom. The second-order valence-electron chi connectivity index (χ2n) is 6.64. The predicted molar refractivity (Wildman–Crippen MR) is 92.5 cm³/mol. The van der Waals surface area contributed by atoms with E-state index >= 15 is 0 Å². The van der Waals surface area contributed by atoms with E-state index < -0.39 is 0 Å². The smallest absolute Gasteiger partial charge is 0.212 e. The standard InChI is InChI=1S/C16H17ClN4OS/c17-11-2-1-3-12-14(11)19-15(23-12)18-13-8-16(22-20-13)9-21-6-4-10(16)5-7-21/h1-3,10H,4-9H2,(H,18,19,20)/t16-/m0/s1. The third-order valence-corrected chi connectivity index (χ3v) is 6.47. The molecule has 0 amide bonds. The maximum atomic E-state index is 6.20. The summed E-state index contributed by atoms with van der Waals surface area (Å²) in [6, 6.07) is 5.83. The molecule has 23 heavy (non-hydrogen) atoms. The molecule has 1 aromatic carbocycles. The fourth-order valence-corrected chi connectivity index (χ4v) is 5.25. The summed E-state index contributed by atoms with van der Waals surface area (Å²) in [7, 11) is 0. The van der Waals surface area contributed by atoms with Crippen molar-refractivity contribution in [1.29, 1.82) is 0 Å². The first-order valence-corrected chi connectivity index (χ1v) is 9.20. The number of fused-ring (bicyclic) bond motifs is 3. The third kappa shape index (κ3) is 2.28. The Labute approximate surface area is 143 Å². The van der Waals surface area contributed by atoms with E-state index in [1.165, 1.54) is 25.9 Å². The van der Waals surface area contributed by atoms with E-state index in [2.05, 4.69) is 20.4 Å². The molecule has 0 saturated carbocycles. The number of hydroxylamine groups is 1. The molecule has 6 rings (SSSR count). The van der Waals surface area contributed by atoms with Gasteiger partial charge in [-0.3, -0.25) is 10.3 Å². The normalized spacial score (nSPS) is 34.6. The number of aromatic nitrogens is 1. The second kappa shape index (κ2) is 5.14. The first-order valence-electron chi connectivity index (χ1n) is 8.01. The zero-order valence-corrected chi connectivity index (χ0v) is 14.2. The largest absolute Gasteiger partial charge is 0.300 e. The van der Waals surface area contributed by atoms with Crippen molar-refractivity contribution in [3.05, 3.63) is 23.2 Å². The van der Waals surface area contributed by atoms with Crippen LogP contribution in [-0.2, 0) is 4.84 Å². The Bertz CT molecular complexity index is 798. The van der Waals surface area contributed by atoms with Crippen LogP contribution in [0.25, 0.3) is 10.2 Å². The number of halogens is 1. The highest BCUT2D eigenvalue weighted by atomic mass is 35.5. The molecule has 1 N–H and O–H groups in total. The van der Waals surface area contributed by atoms with E-state index in [1.54, 1.807) is 11.3 Å². The second-order valence-corrected chi connectivity index (χ2v) is 8.05. The van der Waals surface area contributed by atoms with E-state index in [9.17, 15) is 0 Å². The minimum Gasteiger partial charge on any atom is -0.300 e. The maximum absolute atomic E-state index is 6.20. The quantitative estimate of drug-likeness (QED) is 0.858. The molecule has 0 radical (unpaired) electrons. The van der Waals surface area contributed by atoms with Gasteiger partial charge in [0.15, 0.2) is 0 Å². The molecule has 4 aliphatic rings. The number of benzene rings is 1. The van der Waals surface area contributed by atoms with Gasteiger partial charge in [-0.1, -0.05) is 29.0 Å². The zero-order valence-electron chi connectivity index (χ0n) is 12.6. The van der Waals surface area contributed by atoms with E-state index in [-0.39, 0.29) is 5.60 Å². The fourth-order valence-electron chi connectivity index (χ4n) is 4.09. The molecule has 1 atom stereocenters. The van der Waals surface area contributed by atoms with Gasteiger partial charge in [0.1, 0.15) is 17.0 Å². The number of rotatable bonds is 1. The number of nitrogens with zero attached hydrogens (tertiary/aromatic N) is 3. The van der Waals surface area contributed by atoms with Gasteiger partial charge in [-0.2, -0.15) is 0 Å². The molecule has 4 saturated heterocycles. The Morgan fingerprint density at radius 2 is 2.26 bits per heavy atom. The summed E-state index contributed by atoms with van der Waals surface area (Å²) in [6.45, 7) is 3.42. The van der Waals surface area contributed by atoms with Gasteiger partial charge in [0.25, 0.3) is 0 Å². The number of aliphatic imine (C=N–C) groups is 1. The van der Waals surface area contributed by atoms with Crippen LogP contribution >= 0.6 is 22.9 Å². The van der Waals surface area contributed by atoms with Crippen LogP contribution in [0.2, 0.25) is 5.02 Å². The maximum Gasteiger partial charge on any atom is 0.212 e. The molecular formula is C16H17ClN4OS. The number of hydrogen-bond donors (Lipinski definition) is 1. The van der Waals surface area contributed by atoms with Crippen molar-refractivity contribution in [1.82, 2.24) is 15.4 Å². The Hall–Kier alpha value is -1.21. The molecule has 1 spiro atoms. The SMILES string of the molecule is Clc1cccc2sc(/N=C3/C[C@@]4(CN5CCC4CC5)ON3)nc12. The minimum atomic E-state index is -0.0936. The van der Waals surface area contributed by atoms with Gasteiger partial charge in [0, 0.05) is 13.0 Å². The van der Waals surface area contributed by atoms with Gasteiger partial charge in [-0.15, -0.1) is 0 Å². The van der Waals surface area contributed by atoms with Crippen LogP contribution in [0.5, 0.6) is 0 Å². The highest BCUT2D eigenvalue weighted by Gasteiger charge is 2.52. The molecule has 5 nitrogen and oxygen atoms in total. The molecule has 4 fully saturated rings. The van der Waals surface area contributed by atoms with Gasteiger partial charge >= 0.3 is 0 Å². The minimum absolute atomic E-state index is 0.0936. The number of nitrogens with one attached hydrogen (secondary N) is 1. The van der Waals surface area contributed by atoms with Crippen LogP contribution in [0.1, 0.15) is 19.3 Å². The Balaban J connectivity index is 1.44. The van der Waals surface area contributed by atoms with Crippen molar-refractivity contribution in [2.75, 3.05) is 19.6 Å².